The molecule has 21 heavy (non-hydrogen) atoms. The maximum absolute atomic E-state index is 12.9. The number of benzene rings is 2. The first-order valence-electron chi connectivity index (χ1n) is 6.32. The Morgan fingerprint density at radius 1 is 1.29 bits per heavy atom. The van der Waals surface area contributed by atoms with Gasteiger partial charge < -0.3 is 4.74 Å². The van der Waals surface area contributed by atoms with Gasteiger partial charge in [0, 0.05) is 10.6 Å². The Morgan fingerprint density at radius 2 is 2.00 bits per heavy atom. The molecule has 1 atom stereocenters. The quantitative estimate of drug-likeness (QED) is 0.482. The minimum atomic E-state index is -0.240. The summed E-state index contributed by atoms with van der Waals surface area (Å²) in [6.45, 7) is 0. The van der Waals surface area contributed by atoms with E-state index in [1.54, 1.807) is 37.1 Å². The van der Waals surface area contributed by atoms with Gasteiger partial charge in [-0.1, -0.05) is 17.7 Å². The lowest BCUT2D eigenvalue weighted by Gasteiger charge is -2.17. The lowest BCUT2D eigenvalue weighted by molar-refractivity contribution is 0.413. The third-order valence-electron chi connectivity index (χ3n) is 3.01. The molecule has 0 heterocycles. The van der Waals surface area contributed by atoms with Crippen molar-refractivity contribution in [3.8, 4) is 5.75 Å². The molecule has 0 bridgehead atoms. The predicted molar refractivity (Wildman–Crippen MR) is 85.2 cm³/mol. The van der Waals surface area contributed by atoms with Gasteiger partial charge in [0.1, 0.15) is 11.6 Å². The van der Waals surface area contributed by atoms with E-state index in [9.17, 15) is 4.39 Å². The van der Waals surface area contributed by atoms with E-state index in [0.717, 1.165) is 10.5 Å². The van der Waals surface area contributed by atoms with Crippen molar-refractivity contribution in [1.82, 2.24) is 5.43 Å². The molecule has 2 rings (SSSR count). The van der Waals surface area contributed by atoms with E-state index >= 15 is 0 Å². The van der Waals surface area contributed by atoms with Crippen LogP contribution in [0.2, 0.25) is 5.02 Å². The number of methoxy groups -OCH3 is 1. The van der Waals surface area contributed by atoms with Crippen molar-refractivity contribution in [2.45, 2.75) is 10.9 Å². The molecule has 0 aliphatic carbocycles. The highest BCUT2D eigenvalue weighted by molar-refractivity contribution is 7.99. The number of halogens is 2. The van der Waals surface area contributed by atoms with Crippen molar-refractivity contribution in [1.29, 1.82) is 0 Å². The number of thioether (sulfide) groups is 1. The van der Waals surface area contributed by atoms with Crippen LogP contribution in [0.1, 0.15) is 11.6 Å². The molecule has 0 aliphatic rings. The Bertz CT molecular complexity index is 595. The summed E-state index contributed by atoms with van der Waals surface area (Å²) in [4.78, 5) is 0.984. The van der Waals surface area contributed by atoms with E-state index in [4.69, 9.17) is 22.2 Å². The van der Waals surface area contributed by atoms with Crippen LogP contribution < -0.4 is 16.0 Å². The van der Waals surface area contributed by atoms with Gasteiger partial charge in [-0.2, -0.15) is 0 Å². The van der Waals surface area contributed by atoms with E-state index in [0.29, 0.717) is 16.5 Å². The average molecular weight is 327 g/mol. The molecule has 0 aliphatic heterocycles. The smallest absolute Gasteiger partial charge is 0.137 e. The van der Waals surface area contributed by atoms with Gasteiger partial charge in [-0.25, -0.2) is 4.39 Å². The molecular formula is C15H16ClFN2OS. The molecule has 2 aromatic carbocycles. The fourth-order valence-corrected chi connectivity index (χ4v) is 3.02. The average Bonchev–Trinajstić information content (AvgIpc) is 2.51. The van der Waals surface area contributed by atoms with E-state index < -0.39 is 0 Å². The van der Waals surface area contributed by atoms with E-state index in [1.165, 1.54) is 12.1 Å². The highest BCUT2D eigenvalue weighted by Crippen LogP contribution is 2.30. The van der Waals surface area contributed by atoms with Crippen LogP contribution in [-0.2, 0) is 0 Å². The van der Waals surface area contributed by atoms with Crippen molar-refractivity contribution in [3.05, 3.63) is 58.9 Å². The molecule has 112 valence electrons. The van der Waals surface area contributed by atoms with Crippen LogP contribution in [0.5, 0.6) is 5.75 Å². The zero-order valence-electron chi connectivity index (χ0n) is 11.5. The second-order valence-electron chi connectivity index (χ2n) is 4.38. The third-order valence-corrected chi connectivity index (χ3v) is 4.43. The minimum Gasteiger partial charge on any atom is -0.495 e. The molecule has 6 heteroatoms. The normalized spacial score (nSPS) is 12.2. The lowest BCUT2D eigenvalue weighted by atomic mass is 10.1. The van der Waals surface area contributed by atoms with Crippen molar-refractivity contribution in [3.63, 3.8) is 0 Å². The van der Waals surface area contributed by atoms with Crippen molar-refractivity contribution in [2.24, 2.45) is 5.84 Å². The molecule has 0 spiro atoms. The maximum atomic E-state index is 12.9. The third kappa shape index (κ3) is 4.35. The van der Waals surface area contributed by atoms with Crippen LogP contribution in [0.4, 0.5) is 4.39 Å². The molecule has 0 saturated heterocycles. The fourth-order valence-electron chi connectivity index (χ4n) is 1.84. The molecule has 3 N–H and O–H groups in total. The zero-order chi connectivity index (χ0) is 15.2. The van der Waals surface area contributed by atoms with E-state index in [2.05, 4.69) is 5.43 Å². The van der Waals surface area contributed by atoms with Gasteiger partial charge in [0.2, 0.25) is 0 Å². The number of rotatable bonds is 6. The summed E-state index contributed by atoms with van der Waals surface area (Å²) in [6, 6.07) is 11.9. The molecule has 0 radical (unpaired) electrons. The summed E-state index contributed by atoms with van der Waals surface area (Å²) >= 11 is 7.61. The first-order chi connectivity index (χ1) is 10.1. The highest BCUT2D eigenvalue weighted by Gasteiger charge is 2.12. The fraction of sp³-hybridized carbons (Fsp3) is 0.200. The van der Waals surface area contributed by atoms with Gasteiger partial charge >= 0.3 is 0 Å². The predicted octanol–water partition coefficient (Wildman–Crippen LogP) is 3.78. The van der Waals surface area contributed by atoms with Crippen LogP contribution in [0.15, 0.2) is 47.4 Å². The summed E-state index contributed by atoms with van der Waals surface area (Å²) in [5.74, 6) is 6.70. The molecule has 0 aromatic heterocycles. The Kier molecular flexibility index (Phi) is 5.87. The molecular weight excluding hydrogens is 311 g/mol. The van der Waals surface area contributed by atoms with Crippen molar-refractivity contribution < 1.29 is 9.13 Å². The van der Waals surface area contributed by atoms with Crippen LogP contribution in [-0.4, -0.2) is 12.9 Å². The van der Waals surface area contributed by atoms with Crippen molar-refractivity contribution >= 4 is 23.4 Å². The lowest BCUT2D eigenvalue weighted by Crippen LogP contribution is -2.29. The summed E-state index contributed by atoms with van der Waals surface area (Å²) in [5.41, 5.74) is 3.76. The number of nitrogens with one attached hydrogen (secondary N) is 1. The van der Waals surface area contributed by atoms with E-state index in [1.807, 2.05) is 12.1 Å². The summed E-state index contributed by atoms with van der Waals surface area (Å²) in [7, 11) is 1.57. The molecule has 0 amide bonds. The number of ether oxygens (including phenoxy) is 1. The van der Waals surface area contributed by atoms with Gasteiger partial charge in [0.15, 0.2) is 0 Å². The molecule has 1 unspecified atom stereocenters. The van der Waals surface area contributed by atoms with Gasteiger partial charge in [-0.15, -0.1) is 11.8 Å². The van der Waals surface area contributed by atoms with Crippen LogP contribution in [0.3, 0.4) is 0 Å². The monoisotopic (exact) mass is 326 g/mol. The Hall–Kier alpha value is -1.27. The Labute approximate surface area is 132 Å². The summed E-state index contributed by atoms with van der Waals surface area (Å²) in [6.07, 6.45) is 0. The van der Waals surface area contributed by atoms with Crippen molar-refractivity contribution in [2.75, 3.05) is 12.9 Å². The second-order valence-corrected chi connectivity index (χ2v) is 5.88. The second kappa shape index (κ2) is 7.66. The van der Waals surface area contributed by atoms with Crippen LogP contribution in [0.25, 0.3) is 0 Å². The van der Waals surface area contributed by atoms with Gasteiger partial charge in [-0.3, -0.25) is 11.3 Å². The standard InChI is InChI=1S/C15H16ClFN2OS/c1-20-15-8-10(2-7-13(15)16)14(19-18)9-21-12-5-3-11(17)4-6-12/h2-8,14,19H,9,18H2,1H3. The summed E-state index contributed by atoms with van der Waals surface area (Å²) in [5, 5.41) is 0.559. The van der Waals surface area contributed by atoms with Gasteiger partial charge in [-0.05, 0) is 42.0 Å². The first-order valence-corrected chi connectivity index (χ1v) is 7.68. The van der Waals surface area contributed by atoms with E-state index in [-0.39, 0.29) is 11.9 Å². The Morgan fingerprint density at radius 3 is 2.62 bits per heavy atom. The SMILES string of the molecule is COc1cc(C(CSc2ccc(F)cc2)NN)ccc1Cl. The number of nitrogens with two attached hydrogens (primary N) is 1. The van der Waals surface area contributed by atoms with Crippen LogP contribution >= 0.6 is 23.4 Å². The minimum absolute atomic E-state index is 0.0637. The highest BCUT2D eigenvalue weighted by atomic mass is 35.5. The Balaban J connectivity index is 2.07. The van der Waals surface area contributed by atoms with Gasteiger partial charge in [0.25, 0.3) is 0 Å². The summed E-state index contributed by atoms with van der Waals surface area (Å²) < 4.78 is 18.1. The topological polar surface area (TPSA) is 47.3 Å². The number of hydrogen-bond donors (Lipinski definition) is 2. The largest absolute Gasteiger partial charge is 0.495 e. The molecule has 2 aromatic rings. The number of hydrazine groups is 1. The zero-order valence-corrected chi connectivity index (χ0v) is 13.0. The molecule has 0 saturated carbocycles. The molecule has 0 fully saturated rings. The van der Waals surface area contributed by atoms with Crippen LogP contribution in [0, 0.1) is 5.82 Å². The molecule has 3 nitrogen and oxygen atoms in total. The van der Waals surface area contributed by atoms with Gasteiger partial charge in [0.05, 0.1) is 18.2 Å². The number of hydrogen-bond acceptors (Lipinski definition) is 4. The maximum Gasteiger partial charge on any atom is 0.137 e. The first kappa shape index (κ1) is 16.1.